The van der Waals surface area contributed by atoms with Crippen molar-refractivity contribution in [1.29, 1.82) is 0 Å². The summed E-state index contributed by atoms with van der Waals surface area (Å²) in [6, 6.07) is 11.7. The second kappa shape index (κ2) is 6.49. The second-order valence-corrected chi connectivity index (χ2v) is 5.29. The topological polar surface area (TPSA) is 52.2 Å². The Kier molecular flexibility index (Phi) is 4.25. The van der Waals surface area contributed by atoms with Crippen LogP contribution in [0, 0.1) is 6.92 Å². The molecule has 0 aliphatic rings. The van der Waals surface area contributed by atoms with Crippen LogP contribution in [0.5, 0.6) is 5.75 Å². The fourth-order valence-corrected chi connectivity index (χ4v) is 2.26. The van der Waals surface area contributed by atoms with E-state index < -0.39 is 6.10 Å². The standard InChI is InChI=1S/C17H19N3O2/c1-14-5-4-6-17(9-14)22-13-16(21)12-20-11-15(10-18-20)19-7-2-3-8-19/h2-11,16,21H,12-13H2,1H3. The maximum absolute atomic E-state index is 10.1. The van der Waals surface area contributed by atoms with E-state index in [9.17, 15) is 5.11 Å². The number of aliphatic hydroxyl groups is 1. The number of aromatic nitrogens is 3. The molecule has 5 heteroatoms. The van der Waals surface area contributed by atoms with E-state index in [2.05, 4.69) is 5.10 Å². The van der Waals surface area contributed by atoms with Gasteiger partial charge < -0.3 is 14.4 Å². The molecule has 0 amide bonds. The van der Waals surface area contributed by atoms with Gasteiger partial charge in [0.05, 0.1) is 18.4 Å². The maximum Gasteiger partial charge on any atom is 0.119 e. The van der Waals surface area contributed by atoms with Crippen LogP contribution in [-0.4, -0.2) is 32.2 Å². The van der Waals surface area contributed by atoms with Gasteiger partial charge in [-0.15, -0.1) is 0 Å². The summed E-state index contributed by atoms with van der Waals surface area (Å²) in [6.07, 6.45) is 6.97. The first-order valence-corrected chi connectivity index (χ1v) is 7.24. The Morgan fingerprint density at radius 2 is 2.05 bits per heavy atom. The number of rotatable bonds is 6. The molecule has 0 fully saturated rings. The number of ether oxygens (including phenoxy) is 1. The van der Waals surface area contributed by atoms with E-state index in [1.54, 1.807) is 10.9 Å². The van der Waals surface area contributed by atoms with Gasteiger partial charge >= 0.3 is 0 Å². The quantitative estimate of drug-likeness (QED) is 0.760. The van der Waals surface area contributed by atoms with Gasteiger partial charge in [0.25, 0.3) is 0 Å². The molecular formula is C17H19N3O2. The minimum Gasteiger partial charge on any atom is -0.491 e. The van der Waals surface area contributed by atoms with Gasteiger partial charge in [0.2, 0.25) is 0 Å². The summed E-state index contributed by atoms with van der Waals surface area (Å²) >= 11 is 0. The summed E-state index contributed by atoms with van der Waals surface area (Å²) in [5.74, 6) is 0.771. The van der Waals surface area contributed by atoms with E-state index in [4.69, 9.17) is 4.74 Å². The van der Waals surface area contributed by atoms with E-state index in [0.717, 1.165) is 17.0 Å². The van der Waals surface area contributed by atoms with Crippen molar-refractivity contribution in [3.63, 3.8) is 0 Å². The molecule has 22 heavy (non-hydrogen) atoms. The third-order valence-corrected chi connectivity index (χ3v) is 3.35. The minimum atomic E-state index is -0.613. The summed E-state index contributed by atoms with van der Waals surface area (Å²) < 4.78 is 9.30. The Morgan fingerprint density at radius 1 is 1.23 bits per heavy atom. The van der Waals surface area contributed by atoms with Crippen LogP contribution in [0.2, 0.25) is 0 Å². The minimum absolute atomic E-state index is 0.238. The van der Waals surface area contributed by atoms with Gasteiger partial charge in [0.15, 0.2) is 0 Å². The molecule has 0 aliphatic heterocycles. The molecule has 1 unspecified atom stereocenters. The second-order valence-electron chi connectivity index (χ2n) is 5.29. The summed E-state index contributed by atoms with van der Waals surface area (Å²) in [6.45, 7) is 2.64. The summed E-state index contributed by atoms with van der Waals surface area (Å²) in [7, 11) is 0. The zero-order valence-electron chi connectivity index (χ0n) is 12.5. The molecule has 0 saturated heterocycles. The highest BCUT2D eigenvalue weighted by atomic mass is 16.5. The van der Waals surface area contributed by atoms with Crippen LogP contribution in [-0.2, 0) is 6.54 Å². The molecule has 1 aromatic carbocycles. The van der Waals surface area contributed by atoms with E-state index in [1.165, 1.54) is 0 Å². The Bertz CT molecular complexity index is 719. The lowest BCUT2D eigenvalue weighted by atomic mass is 10.2. The van der Waals surface area contributed by atoms with Crippen LogP contribution < -0.4 is 4.74 Å². The van der Waals surface area contributed by atoms with Crippen molar-refractivity contribution < 1.29 is 9.84 Å². The number of aliphatic hydroxyl groups excluding tert-OH is 1. The number of hydrogen-bond acceptors (Lipinski definition) is 3. The molecule has 0 radical (unpaired) electrons. The Balaban J connectivity index is 1.54. The van der Waals surface area contributed by atoms with Crippen LogP contribution in [0.3, 0.4) is 0 Å². The molecule has 2 heterocycles. The van der Waals surface area contributed by atoms with Crippen LogP contribution in [0.1, 0.15) is 5.56 Å². The molecule has 3 rings (SSSR count). The molecule has 5 nitrogen and oxygen atoms in total. The van der Waals surface area contributed by atoms with Gasteiger partial charge in [0.1, 0.15) is 18.5 Å². The highest BCUT2D eigenvalue weighted by Crippen LogP contribution is 2.13. The zero-order valence-corrected chi connectivity index (χ0v) is 12.5. The Morgan fingerprint density at radius 3 is 2.82 bits per heavy atom. The Hall–Kier alpha value is -2.53. The van der Waals surface area contributed by atoms with E-state index in [-0.39, 0.29) is 6.61 Å². The SMILES string of the molecule is Cc1cccc(OCC(O)Cn2cc(-n3cccc3)cn2)c1. The fraction of sp³-hybridized carbons (Fsp3) is 0.235. The maximum atomic E-state index is 10.1. The smallest absolute Gasteiger partial charge is 0.119 e. The molecule has 0 aliphatic carbocycles. The summed E-state index contributed by atoms with van der Waals surface area (Å²) in [5, 5.41) is 14.3. The van der Waals surface area contributed by atoms with Crippen molar-refractivity contribution in [2.75, 3.05) is 6.61 Å². The molecule has 2 aromatic heterocycles. The van der Waals surface area contributed by atoms with Crippen LogP contribution in [0.25, 0.3) is 5.69 Å². The van der Waals surface area contributed by atoms with Gasteiger partial charge in [0, 0.05) is 18.6 Å². The predicted molar refractivity (Wildman–Crippen MR) is 84.2 cm³/mol. The lowest BCUT2D eigenvalue weighted by Gasteiger charge is -2.12. The van der Waals surface area contributed by atoms with E-state index >= 15 is 0 Å². The van der Waals surface area contributed by atoms with Gasteiger partial charge in [-0.2, -0.15) is 5.10 Å². The van der Waals surface area contributed by atoms with Crippen LogP contribution in [0.15, 0.2) is 61.2 Å². The van der Waals surface area contributed by atoms with Crippen LogP contribution >= 0.6 is 0 Å². The van der Waals surface area contributed by atoms with Gasteiger partial charge in [-0.3, -0.25) is 4.68 Å². The van der Waals surface area contributed by atoms with E-state index in [0.29, 0.717) is 6.54 Å². The zero-order chi connectivity index (χ0) is 15.4. The number of benzene rings is 1. The highest BCUT2D eigenvalue weighted by molar-refractivity contribution is 5.27. The average molecular weight is 297 g/mol. The third-order valence-electron chi connectivity index (χ3n) is 3.35. The lowest BCUT2D eigenvalue weighted by molar-refractivity contribution is 0.0893. The van der Waals surface area contributed by atoms with Crippen molar-refractivity contribution in [3.8, 4) is 11.4 Å². The van der Waals surface area contributed by atoms with Gasteiger partial charge in [-0.25, -0.2) is 0 Å². The first kappa shape index (κ1) is 14.4. The Labute approximate surface area is 129 Å². The molecule has 0 saturated carbocycles. The number of nitrogens with zero attached hydrogens (tertiary/aromatic N) is 3. The lowest BCUT2D eigenvalue weighted by Crippen LogP contribution is -2.23. The van der Waals surface area contributed by atoms with Crippen molar-refractivity contribution in [2.24, 2.45) is 0 Å². The first-order valence-electron chi connectivity index (χ1n) is 7.24. The van der Waals surface area contributed by atoms with Gasteiger partial charge in [-0.1, -0.05) is 12.1 Å². The third kappa shape index (κ3) is 3.56. The molecule has 1 N–H and O–H groups in total. The number of hydrogen-bond donors (Lipinski definition) is 1. The summed E-state index contributed by atoms with van der Waals surface area (Å²) in [5.41, 5.74) is 2.10. The monoisotopic (exact) mass is 297 g/mol. The van der Waals surface area contributed by atoms with Crippen molar-refractivity contribution in [1.82, 2.24) is 14.3 Å². The van der Waals surface area contributed by atoms with E-state index in [1.807, 2.05) is 66.5 Å². The fourth-order valence-electron chi connectivity index (χ4n) is 2.26. The largest absolute Gasteiger partial charge is 0.491 e. The molecule has 0 bridgehead atoms. The van der Waals surface area contributed by atoms with Gasteiger partial charge in [-0.05, 0) is 36.8 Å². The molecular weight excluding hydrogens is 278 g/mol. The molecule has 114 valence electrons. The summed E-state index contributed by atoms with van der Waals surface area (Å²) in [4.78, 5) is 0. The highest BCUT2D eigenvalue weighted by Gasteiger charge is 2.08. The molecule has 1 atom stereocenters. The van der Waals surface area contributed by atoms with Crippen LogP contribution in [0.4, 0.5) is 0 Å². The van der Waals surface area contributed by atoms with Crippen molar-refractivity contribution >= 4 is 0 Å². The molecule has 3 aromatic rings. The predicted octanol–water partition coefficient (Wildman–Crippen LogP) is 2.42. The molecule has 0 spiro atoms. The number of aryl methyl sites for hydroxylation is 1. The van der Waals surface area contributed by atoms with Crippen molar-refractivity contribution in [3.05, 3.63) is 66.7 Å². The van der Waals surface area contributed by atoms with Crippen molar-refractivity contribution in [2.45, 2.75) is 19.6 Å². The average Bonchev–Trinajstić information content (AvgIpc) is 3.16. The normalized spacial score (nSPS) is 12.3. The first-order chi connectivity index (χ1) is 10.7.